The van der Waals surface area contributed by atoms with Crippen LogP contribution in [0.15, 0.2) is 36.4 Å². The fourth-order valence-electron chi connectivity index (χ4n) is 2.75. The van der Waals surface area contributed by atoms with Gasteiger partial charge in [0.15, 0.2) is 17.3 Å². The minimum absolute atomic E-state index is 0.171. The second-order valence-electron chi connectivity index (χ2n) is 5.54. The number of nitrogens with one attached hydrogen (secondary N) is 1. The monoisotopic (exact) mass is 330 g/mol. The molecule has 6 nitrogen and oxygen atoms in total. The Morgan fingerprint density at radius 2 is 2.17 bits per heavy atom. The molecule has 0 amide bonds. The number of nitro groups is 1. The first-order valence-electron chi connectivity index (χ1n) is 7.44. The highest BCUT2D eigenvalue weighted by atomic mass is 19.1. The van der Waals surface area contributed by atoms with Crippen molar-refractivity contribution in [3.05, 3.63) is 63.5 Å². The second-order valence-corrected chi connectivity index (χ2v) is 5.54. The van der Waals surface area contributed by atoms with E-state index in [1.807, 2.05) is 0 Å². The highest BCUT2D eigenvalue weighted by molar-refractivity contribution is 5.95. The maximum atomic E-state index is 13.8. The van der Waals surface area contributed by atoms with E-state index in [1.54, 1.807) is 12.1 Å². The summed E-state index contributed by atoms with van der Waals surface area (Å²) in [6, 6.07) is 8.58. The van der Waals surface area contributed by atoms with E-state index in [2.05, 4.69) is 5.32 Å². The first-order chi connectivity index (χ1) is 11.5. The molecular weight excluding hydrogens is 315 g/mol. The van der Waals surface area contributed by atoms with Crippen molar-refractivity contribution in [3.8, 4) is 5.75 Å². The lowest BCUT2D eigenvalue weighted by atomic mass is 9.99. The molecule has 7 heteroatoms. The van der Waals surface area contributed by atoms with Crippen molar-refractivity contribution in [2.45, 2.75) is 19.4 Å². The van der Waals surface area contributed by atoms with Crippen molar-refractivity contribution in [1.82, 2.24) is 0 Å². The van der Waals surface area contributed by atoms with E-state index >= 15 is 0 Å². The molecule has 0 radical (unpaired) electrons. The highest BCUT2D eigenvalue weighted by Gasteiger charge is 2.26. The SMILES string of the molecule is CC(=O)c1ccc(N[C@H]2CCOc3c(F)cccc32)c([N+](=O)[O-])c1. The van der Waals surface area contributed by atoms with Crippen LogP contribution in [-0.4, -0.2) is 17.3 Å². The molecule has 0 bridgehead atoms. The van der Waals surface area contributed by atoms with Crippen molar-refractivity contribution >= 4 is 17.2 Å². The topological polar surface area (TPSA) is 81.5 Å². The number of ether oxygens (including phenoxy) is 1. The third kappa shape index (κ3) is 2.92. The number of para-hydroxylation sites is 1. The molecule has 1 aliphatic heterocycles. The van der Waals surface area contributed by atoms with Crippen LogP contribution in [0.5, 0.6) is 5.75 Å². The van der Waals surface area contributed by atoms with Gasteiger partial charge in [0.25, 0.3) is 5.69 Å². The van der Waals surface area contributed by atoms with Gasteiger partial charge in [-0.05, 0) is 25.1 Å². The number of ketones is 1. The Morgan fingerprint density at radius 3 is 2.88 bits per heavy atom. The zero-order valence-corrected chi connectivity index (χ0v) is 12.9. The largest absolute Gasteiger partial charge is 0.490 e. The zero-order valence-electron chi connectivity index (χ0n) is 12.9. The van der Waals surface area contributed by atoms with E-state index in [-0.39, 0.29) is 34.5 Å². The fraction of sp³-hybridized carbons (Fsp3) is 0.235. The third-order valence-electron chi connectivity index (χ3n) is 3.96. The molecule has 0 spiro atoms. The van der Waals surface area contributed by atoms with Crippen molar-refractivity contribution in [3.63, 3.8) is 0 Å². The summed E-state index contributed by atoms with van der Waals surface area (Å²) >= 11 is 0. The Kier molecular flexibility index (Phi) is 4.16. The number of nitro benzene ring substituents is 1. The number of benzene rings is 2. The van der Waals surface area contributed by atoms with Crippen LogP contribution in [0.4, 0.5) is 15.8 Å². The van der Waals surface area contributed by atoms with Crippen molar-refractivity contribution < 1.29 is 18.8 Å². The quantitative estimate of drug-likeness (QED) is 0.523. The number of nitrogens with zero attached hydrogens (tertiary/aromatic N) is 1. The number of fused-ring (bicyclic) bond motifs is 1. The molecule has 24 heavy (non-hydrogen) atoms. The maximum absolute atomic E-state index is 13.8. The van der Waals surface area contributed by atoms with Gasteiger partial charge in [-0.1, -0.05) is 12.1 Å². The van der Waals surface area contributed by atoms with Crippen LogP contribution in [0.3, 0.4) is 0 Å². The fourth-order valence-corrected chi connectivity index (χ4v) is 2.75. The van der Waals surface area contributed by atoms with Crippen LogP contribution < -0.4 is 10.1 Å². The van der Waals surface area contributed by atoms with Gasteiger partial charge in [-0.15, -0.1) is 0 Å². The van der Waals surface area contributed by atoms with Gasteiger partial charge >= 0.3 is 0 Å². The summed E-state index contributed by atoms with van der Waals surface area (Å²) in [6.07, 6.45) is 0.544. The Labute approximate surface area is 137 Å². The number of anilines is 1. The summed E-state index contributed by atoms with van der Waals surface area (Å²) in [7, 11) is 0. The molecule has 0 saturated heterocycles. The molecule has 2 aromatic carbocycles. The standard InChI is InChI=1S/C17H15FN2O4/c1-10(21)11-5-6-15(16(9-11)20(22)23)19-14-7-8-24-17-12(14)3-2-4-13(17)18/h2-6,9,14,19H,7-8H2,1H3/t14-/m0/s1. The molecule has 3 rings (SSSR count). The summed E-state index contributed by atoms with van der Waals surface area (Å²) in [5.74, 6) is -0.534. The number of halogens is 1. The lowest BCUT2D eigenvalue weighted by molar-refractivity contribution is -0.384. The van der Waals surface area contributed by atoms with E-state index in [9.17, 15) is 19.3 Å². The number of hydrogen-bond donors (Lipinski definition) is 1. The van der Waals surface area contributed by atoms with Crippen LogP contribution in [-0.2, 0) is 0 Å². The number of Topliss-reactive ketones (excluding diaryl/α,β-unsaturated/α-hetero) is 1. The van der Waals surface area contributed by atoms with Gasteiger partial charge in [0, 0.05) is 23.6 Å². The summed E-state index contributed by atoms with van der Waals surface area (Å²) in [5.41, 5.74) is 0.983. The van der Waals surface area contributed by atoms with E-state index < -0.39 is 10.7 Å². The molecular formula is C17H15FN2O4. The molecule has 0 fully saturated rings. The Hall–Kier alpha value is -2.96. The molecule has 1 N–H and O–H groups in total. The molecule has 1 heterocycles. The van der Waals surface area contributed by atoms with Crippen LogP contribution in [0.2, 0.25) is 0 Å². The Bertz CT molecular complexity index is 822. The molecule has 2 aromatic rings. The van der Waals surface area contributed by atoms with E-state index in [0.717, 1.165) is 0 Å². The second kappa shape index (κ2) is 6.27. The summed E-state index contributed by atoms with van der Waals surface area (Å²) < 4.78 is 19.2. The lowest BCUT2D eigenvalue weighted by Crippen LogP contribution is -2.21. The van der Waals surface area contributed by atoms with Gasteiger partial charge in [0.05, 0.1) is 17.6 Å². The van der Waals surface area contributed by atoms with E-state index in [1.165, 1.54) is 31.2 Å². The smallest absolute Gasteiger partial charge is 0.293 e. The number of hydrogen-bond acceptors (Lipinski definition) is 5. The van der Waals surface area contributed by atoms with Crippen LogP contribution in [0, 0.1) is 15.9 Å². The van der Waals surface area contributed by atoms with Crippen molar-refractivity contribution in [2.75, 3.05) is 11.9 Å². The summed E-state index contributed by atoms with van der Waals surface area (Å²) in [5, 5.41) is 14.4. The molecule has 124 valence electrons. The minimum atomic E-state index is -0.541. The lowest BCUT2D eigenvalue weighted by Gasteiger charge is -2.27. The number of rotatable bonds is 4. The van der Waals surface area contributed by atoms with Gasteiger partial charge in [0.1, 0.15) is 5.69 Å². The van der Waals surface area contributed by atoms with Gasteiger partial charge in [-0.2, -0.15) is 0 Å². The normalized spacial score (nSPS) is 16.0. The maximum Gasteiger partial charge on any atom is 0.293 e. The van der Waals surface area contributed by atoms with Crippen LogP contribution in [0.25, 0.3) is 0 Å². The minimum Gasteiger partial charge on any atom is -0.490 e. The summed E-state index contributed by atoms with van der Waals surface area (Å²) in [4.78, 5) is 22.2. The van der Waals surface area contributed by atoms with Crippen LogP contribution >= 0.6 is 0 Å². The zero-order chi connectivity index (χ0) is 17.3. The average molecular weight is 330 g/mol. The Balaban J connectivity index is 1.97. The van der Waals surface area contributed by atoms with Gasteiger partial charge < -0.3 is 10.1 Å². The molecule has 1 aliphatic rings. The Morgan fingerprint density at radius 1 is 1.38 bits per heavy atom. The highest BCUT2D eigenvalue weighted by Crippen LogP contribution is 2.38. The van der Waals surface area contributed by atoms with E-state index in [4.69, 9.17) is 4.74 Å². The molecule has 0 saturated carbocycles. The van der Waals surface area contributed by atoms with Gasteiger partial charge in [0.2, 0.25) is 0 Å². The predicted molar refractivity (Wildman–Crippen MR) is 86.0 cm³/mol. The molecule has 0 aromatic heterocycles. The first-order valence-corrected chi connectivity index (χ1v) is 7.44. The number of carbonyl (C=O) groups excluding carboxylic acids is 1. The summed E-state index contributed by atoms with van der Waals surface area (Å²) in [6.45, 7) is 1.66. The number of carbonyl (C=O) groups is 1. The van der Waals surface area contributed by atoms with Gasteiger partial charge in [-0.3, -0.25) is 14.9 Å². The molecule has 0 aliphatic carbocycles. The molecule has 0 unspecified atom stereocenters. The van der Waals surface area contributed by atoms with Crippen LogP contribution in [0.1, 0.15) is 35.3 Å². The van der Waals surface area contributed by atoms with Crippen molar-refractivity contribution in [2.24, 2.45) is 0 Å². The van der Waals surface area contributed by atoms with Crippen molar-refractivity contribution in [1.29, 1.82) is 0 Å². The predicted octanol–water partition coefficient (Wildman–Crippen LogP) is 3.87. The van der Waals surface area contributed by atoms with Gasteiger partial charge in [-0.25, -0.2) is 4.39 Å². The first kappa shape index (κ1) is 15.9. The average Bonchev–Trinajstić information content (AvgIpc) is 2.56. The third-order valence-corrected chi connectivity index (χ3v) is 3.96. The molecule has 1 atom stereocenters. The van der Waals surface area contributed by atoms with E-state index in [0.29, 0.717) is 18.6 Å².